The second-order valence-electron chi connectivity index (χ2n) is 10.1. The summed E-state index contributed by atoms with van der Waals surface area (Å²) in [6.07, 6.45) is -1.85. The van der Waals surface area contributed by atoms with Crippen LogP contribution in [0.2, 0.25) is 0 Å². The molecule has 0 bridgehead atoms. The lowest BCUT2D eigenvalue weighted by atomic mass is 9.88. The molecule has 3 aromatic rings. The van der Waals surface area contributed by atoms with Crippen molar-refractivity contribution in [2.75, 3.05) is 37.9 Å². The summed E-state index contributed by atoms with van der Waals surface area (Å²) in [4.78, 5) is 23.3. The average molecular weight is 590 g/mol. The number of hydrogen-bond acceptors (Lipinski definition) is 8. The minimum absolute atomic E-state index is 0.0534. The molecule has 1 N–H and O–H groups in total. The van der Waals surface area contributed by atoms with Crippen LogP contribution in [0, 0.1) is 12.7 Å². The minimum atomic E-state index is -3.45. The molecular weight excluding hydrogens is 559 g/mol. The van der Waals surface area contributed by atoms with Crippen LogP contribution in [-0.4, -0.2) is 66.9 Å². The Morgan fingerprint density at radius 3 is 2.34 bits per heavy atom. The number of amides is 1. The van der Waals surface area contributed by atoms with E-state index in [1.807, 2.05) is 5.01 Å². The predicted molar refractivity (Wildman–Crippen MR) is 145 cm³/mol. The largest absolute Gasteiger partial charge is 0.379 e. The fourth-order valence-corrected chi connectivity index (χ4v) is 5.85. The Labute approximate surface area is 236 Å². The van der Waals surface area contributed by atoms with Gasteiger partial charge < -0.3 is 10.1 Å². The van der Waals surface area contributed by atoms with Gasteiger partial charge in [-0.3, -0.25) is 9.80 Å². The Kier molecular flexibility index (Phi) is 8.04. The number of hydrazine groups is 1. The van der Waals surface area contributed by atoms with Crippen LogP contribution >= 0.6 is 0 Å². The van der Waals surface area contributed by atoms with E-state index >= 15 is 0 Å². The van der Waals surface area contributed by atoms with Crippen molar-refractivity contribution in [3.05, 3.63) is 82.1 Å². The third-order valence-corrected chi connectivity index (χ3v) is 8.45. The van der Waals surface area contributed by atoms with Gasteiger partial charge in [0.1, 0.15) is 23.4 Å². The van der Waals surface area contributed by atoms with Crippen LogP contribution in [-0.2, 0) is 25.9 Å². The molecule has 2 aliphatic heterocycles. The van der Waals surface area contributed by atoms with Crippen LogP contribution in [0.1, 0.15) is 59.1 Å². The van der Waals surface area contributed by atoms with E-state index < -0.39 is 39.6 Å². The van der Waals surface area contributed by atoms with E-state index in [0.29, 0.717) is 54.8 Å². The van der Waals surface area contributed by atoms with Crippen LogP contribution in [0.25, 0.3) is 0 Å². The number of alkyl halides is 2. The predicted octanol–water partition coefficient (Wildman–Crippen LogP) is 4.16. The lowest BCUT2D eigenvalue weighted by molar-refractivity contribution is -0.161. The maximum absolute atomic E-state index is 15.0. The second-order valence-corrected chi connectivity index (χ2v) is 12.2. The summed E-state index contributed by atoms with van der Waals surface area (Å²) < 4.78 is 71.3. The number of nitrogens with one attached hydrogen (secondary N) is 1. The summed E-state index contributed by atoms with van der Waals surface area (Å²) in [7, 11) is -3.45. The van der Waals surface area contributed by atoms with E-state index in [1.54, 1.807) is 31.0 Å². The fraction of sp³-hybridized carbons (Fsp3) is 0.393. The Balaban J connectivity index is 1.59. The highest BCUT2D eigenvalue weighted by molar-refractivity contribution is 7.90. The number of aromatic nitrogens is 2. The molecule has 3 heterocycles. The number of fused-ring (bicyclic) bond motifs is 1. The molecule has 218 valence electrons. The van der Waals surface area contributed by atoms with Crippen LogP contribution < -0.4 is 5.32 Å². The molecule has 1 amide bonds. The van der Waals surface area contributed by atoms with Crippen LogP contribution in [0.5, 0.6) is 0 Å². The zero-order chi connectivity index (χ0) is 29.5. The Morgan fingerprint density at radius 1 is 1.05 bits per heavy atom. The first kappa shape index (κ1) is 29.0. The molecular formula is C28H30F3N5O4S. The number of rotatable bonds is 7. The van der Waals surface area contributed by atoms with E-state index in [-0.39, 0.29) is 22.9 Å². The number of hydrogen-bond donors (Lipinski definition) is 1. The van der Waals surface area contributed by atoms with Crippen LogP contribution in [0.3, 0.4) is 0 Å². The highest BCUT2D eigenvalue weighted by atomic mass is 32.2. The Bertz CT molecular complexity index is 1560. The van der Waals surface area contributed by atoms with Crippen molar-refractivity contribution < 1.29 is 31.1 Å². The van der Waals surface area contributed by atoms with Gasteiger partial charge in [-0.1, -0.05) is 30.3 Å². The first-order valence-electron chi connectivity index (χ1n) is 13.1. The number of ether oxygens (including phenoxy) is 1. The van der Waals surface area contributed by atoms with E-state index in [4.69, 9.17) is 4.74 Å². The van der Waals surface area contributed by atoms with Gasteiger partial charge in [0.2, 0.25) is 0 Å². The third-order valence-electron chi connectivity index (χ3n) is 7.32. The van der Waals surface area contributed by atoms with Gasteiger partial charge in [-0.2, -0.15) is 0 Å². The number of carbonyl (C=O) groups excluding carboxylic acids is 1. The summed E-state index contributed by atoms with van der Waals surface area (Å²) in [5.74, 6) is -1.39. The number of nitrogens with zero attached hydrogens (tertiary/aromatic N) is 4. The van der Waals surface area contributed by atoms with E-state index in [9.17, 15) is 26.4 Å². The zero-order valence-electron chi connectivity index (χ0n) is 22.8. The molecule has 9 nitrogen and oxygen atoms in total. The van der Waals surface area contributed by atoms with Gasteiger partial charge in [0.25, 0.3) is 12.3 Å². The third kappa shape index (κ3) is 5.79. The van der Waals surface area contributed by atoms with Crippen molar-refractivity contribution in [3.8, 4) is 0 Å². The highest BCUT2D eigenvalue weighted by Crippen LogP contribution is 2.38. The molecule has 2 aromatic carbocycles. The van der Waals surface area contributed by atoms with Crippen LogP contribution in [0.4, 0.5) is 19.0 Å². The monoisotopic (exact) mass is 589 g/mol. The summed E-state index contributed by atoms with van der Waals surface area (Å²) in [5.41, 5.74) is 0.956. The molecule has 13 heteroatoms. The van der Waals surface area contributed by atoms with E-state index in [2.05, 4.69) is 15.3 Å². The van der Waals surface area contributed by atoms with Gasteiger partial charge in [0.05, 0.1) is 42.0 Å². The number of halogens is 3. The maximum atomic E-state index is 15.0. The number of carbonyl (C=O) groups is 1. The van der Waals surface area contributed by atoms with Crippen molar-refractivity contribution in [1.29, 1.82) is 0 Å². The first-order chi connectivity index (χ1) is 19.5. The van der Waals surface area contributed by atoms with Gasteiger partial charge >= 0.3 is 0 Å². The topological polar surface area (TPSA) is 105 Å². The van der Waals surface area contributed by atoms with Gasteiger partial charge in [-0.15, -0.1) is 0 Å². The van der Waals surface area contributed by atoms with Gasteiger partial charge in [-0.25, -0.2) is 36.6 Å². The number of sulfone groups is 1. The van der Waals surface area contributed by atoms with Gasteiger partial charge in [0, 0.05) is 30.5 Å². The normalized spacial score (nSPS) is 18.9. The van der Waals surface area contributed by atoms with Crippen molar-refractivity contribution in [1.82, 2.24) is 20.0 Å². The van der Waals surface area contributed by atoms with Crippen molar-refractivity contribution in [2.45, 2.75) is 43.7 Å². The standard InChI is InChI=1S/C28H30F3N5O4S/c1-16(20-5-4-6-21(24(20)29)26(30)31)32-27-22-15-36(35-11-13-40-14-12-35)28(37)23(25(22)33-17(2)34-27)18-7-9-19(10-8-18)41(3,38)39/h4-10,16,23,26H,11-15H2,1-3H3,(H,32,33,34)/t16-,23?/m1/s1. The summed E-state index contributed by atoms with van der Waals surface area (Å²) in [5, 5.41) is 6.69. The molecule has 0 saturated carbocycles. The average Bonchev–Trinajstić information content (AvgIpc) is 2.92. The molecule has 1 saturated heterocycles. The molecule has 0 aliphatic carbocycles. The van der Waals surface area contributed by atoms with Crippen molar-refractivity contribution in [2.24, 2.45) is 0 Å². The SMILES string of the molecule is Cc1nc(N[C@H](C)c2cccc(C(F)F)c2F)c2c(n1)C(c1ccc(S(C)(=O)=O)cc1)C(=O)N(N1CCOCC1)C2. The van der Waals surface area contributed by atoms with Crippen LogP contribution in [0.15, 0.2) is 47.4 Å². The lowest BCUT2D eigenvalue weighted by Crippen LogP contribution is -2.54. The summed E-state index contributed by atoms with van der Waals surface area (Å²) in [6, 6.07) is 9.25. The number of aryl methyl sites for hydroxylation is 1. The van der Waals surface area contributed by atoms with Gasteiger partial charge in [-0.05, 0) is 31.5 Å². The summed E-state index contributed by atoms with van der Waals surface area (Å²) >= 11 is 0. The molecule has 41 heavy (non-hydrogen) atoms. The van der Waals surface area contributed by atoms with E-state index in [1.165, 1.54) is 24.3 Å². The molecule has 1 aromatic heterocycles. The van der Waals surface area contributed by atoms with Crippen molar-refractivity contribution >= 4 is 21.6 Å². The highest BCUT2D eigenvalue weighted by Gasteiger charge is 2.40. The molecule has 5 rings (SSSR count). The lowest BCUT2D eigenvalue weighted by Gasteiger charge is -2.42. The smallest absolute Gasteiger partial charge is 0.266 e. The second kappa shape index (κ2) is 11.4. The Hall–Kier alpha value is -3.55. The minimum Gasteiger partial charge on any atom is -0.379 e. The Morgan fingerprint density at radius 2 is 1.71 bits per heavy atom. The molecule has 1 unspecified atom stereocenters. The maximum Gasteiger partial charge on any atom is 0.266 e. The van der Waals surface area contributed by atoms with E-state index in [0.717, 1.165) is 12.3 Å². The molecule has 2 aliphatic rings. The van der Waals surface area contributed by atoms with Crippen molar-refractivity contribution in [3.63, 3.8) is 0 Å². The molecule has 0 radical (unpaired) electrons. The quantitative estimate of drug-likeness (QED) is 0.438. The number of anilines is 1. The summed E-state index contributed by atoms with van der Waals surface area (Å²) in [6.45, 7) is 5.29. The zero-order valence-corrected chi connectivity index (χ0v) is 23.6. The molecule has 1 fully saturated rings. The van der Waals surface area contributed by atoms with Gasteiger partial charge in [0.15, 0.2) is 9.84 Å². The number of morpholine rings is 1. The number of benzene rings is 2. The molecule has 2 atom stereocenters. The fourth-order valence-electron chi connectivity index (χ4n) is 5.22. The first-order valence-corrected chi connectivity index (χ1v) is 15.0. The molecule has 0 spiro atoms.